The standard InChI is InChI=1S/C35H40O5Si/c1-41(2,3)40-27-35-15-7-14-34(19-35)26-39-25-33-13-6-12-32(18-33)24-38-23-31-11-5-10-30(17-31)22-37-21-29-9-4-8-28(16-29)20-36/h4-20H,21-27H2,1-3H3. The van der Waals surface area contributed by atoms with Crippen LogP contribution in [0.1, 0.15) is 49.3 Å². The van der Waals surface area contributed by atoms with Crippen molar-refractivity contribution >= 4 is 14.6 Å². The summed E-state index contributed by atoms with van der Waals surface area (Å²) >= 11 is 0. The van der Waals surface area contributed by atoms with Crippen molar-refractivity contribution in [3.05, 3.63) is 142 Å². The monoisotopic (exact) mass is 568 g/mol. The summed E-state index contributed by atoms with van der Waals surface area (Å²) in [4.78, 5) is 11.0. The van der Waals surface area contributed by atoms with Gasteiger partial charge in [0.25, 0.3) is 0 Å². The van der Waals surface area contributed by atoms with E-state index in [9.17, 15) is 4.79 Å². The first-order valence-electron chi connectivity index (χ1n) is 14.0. The Kier molecular flexibility index (Phi) is 11.6. The average molecular weight is 569 g/mol. The van der Waals surface area contributed by atoms with E-state index in [0.29, 0.717) is 51.8 Å². The van der Waals surface area contributed by atoms with Crippen molar-refractivity contribution in [3.63, 3.8) is 0 Å². The maximum atomic E-state index is 11.0. The molecule has 0 heterocycles. The molecule has 0 N–H and O–H groups in total. The van der Waals surface area contributed by atoms with Gasteiger partial charge in [0.15, 0.2) is 8.32 Å². The topological polar surface area (TPSA) is 54.0 Å². The van der Waals surface area contributed by atoms with Crippen LogP contribution in [0.3, 0.4) is 0 Å². The highest BCUT2D eigenvalue weighted by Crippen LogP contribution is 2.15. The molecule has 0 fully saturated rings. The number of ether oxygens (including phenoxy) is 3. The fourth-order valence-corrected chi connectivity index (χ4v) is 4.94. The number of rotatable bonds is 16. The van der Waals surface area contributed by atoms with Crippen LogP contribution in [-0.2, 0) is 64.9 Å². The van der Waals surface area contributed by atoms with Gasteiger partial charge in [-0.25, -0.2) is 0 Å². The maximum absolute atomic E-state index is 11.0. The summed E-state index contributed by atoms with van der Waals surface area (Å²) in [5, 5.41) is 0. The molecule has 0 saturated carbocycles. The molecule has 41 heavy (non-hydrogen) atoms. The fourth-order valence-electron chi connectivity index (χ4n) is 4.34. The van der Waals surface area contributed by atoms with Gasteiger partial charge in [0, 0.05) is 5.56 Å². The molecule has 0 amide bonds. The zero-order valence-corrected chi connectivity index (χ0v) is 25.3. The normalized spacial score (nSPS) is 11.5. The Morgan fingerprint density at radius 2 is 0.805 bits per heavy atom. The lowest BCUT2D eigenvalue weighted by atomic mass is 10.1. The minimum absolute atomic E-state index is 0.461. The Morgan fingerprint density at radius 3 is 1.15 bits per heavy atom. The fraction of sp³-hybridized carbons (Fsp3) is 0.286. The molecule has 5 nitrogen and oxygen atoms in total. The molecule has 0 saturated heterocycles. The quantitative estimate of drug-likeness (QED) is 0.101. The van der Waals surface area contributed by atoms with Crippen molar-refractivity contribution in [2.75, 3.05) is 0 Å². The van der Waals surface area contributed by atoms with Crippen LogP contribution < -0.4 is 0 Å². The predicted octanol–water partition coefficient (Wildman–Crippen LogP) is 8.00. The third kappa shape index (κ3) is 11.2. The molecule has 0 aromatic heterocycles. The zero-order chi connectivity index (χ0) is 28.9. The largest absolute Gasteiger partial charge is 0.413 e. The number of carbonyl (C=O) groups excluding carboxylic acids is 1. The van der Waals surface area contributed by atoms with Crippen LogP contribution in [0.4, 0.5) is 0 Å². The van der Waals surface area contributed by atoms with E-state index >= 15 is 0 Å². The maximum Gasteiger partial charge on any atom is 0.184 e. The molecule has 0 aliphatic heterocycles. The number of aldehydes is 1. The minimum Gasteiger partial charge on any atom is -0.413 e. The van der Waals surface area contributed by atoms with Crippen LogP contribution in [0.2, 0.25) is 19.6 Å². The van der Waals surface area contributed by atoms with Crippen molar-refractivity contribution in [1.82, 2.24) is 0 Å². The second-order valence-corrected chi connectivity index (χ2v) is 15.7. The van der Waals surface area contributed by atoms with Crippen LogP contribution in [0, 0.1) is 0 Å². The lowest BCUT2D eigenvalue weighted by Crippen LogP contribution is -2.24. The van der Waals surface area contributed by atoms with E-state index in [4.69, 9.17) is 18.6 Å². The highest BCUT2D eigenvalue weighted by Gasteiger charge is 2.14. The molecule has 0 radical (unpaired) electrons. The summed E-state index contributed by atoms with van der Waals surface area (Å²) < 4.78 is 23.9. The molecule has 6 heteroatoms. The summed E-state index contributed by atoms with van der Waals surface area (Å²) in [5.41, 5.74) is 8.42. The molecule has 0 bridgehead atoms. The van der Waals surface area contributed by atoms with Gasteiger partial charge >= 0.3 is 0 Å². The van der Waals surface area contributed by atoms with Crippen LogP contribution in [0.15, 0.2) is 97.1 Å². The Balaban J connectivity index is 1.19. The highest BCUT2D eigenvalue weighted by atomic mass is 28.4. The van der Waals surface area contributed by atoms with Gasteiger partial charge in [0.2, 0.25) is 0 Å². The van der Waals surface area contributed by atoms with Crippen molar-refractivity contribution in [1.29, 1.82) is 0 Å². The van der Waals surface area contributed by atoms with Crippen LogP contribution in [0.5, 0.6) is 0 Å². The van der Waals surface area contributed by atoms with Crippen molar-refractivity contribution in [2.45, 2.75) is 65.9 Å². The SMILES string of the molecule is C[Si](C)(C)OCc1cccc(COCc2cccc(COCc3cccc(COCc4cccc(C=O)c4)c3)c2)c1. The lowest BCUT2D eigenvalue weighted by molar-refractivity contribution is 0.101. The van der Waals surface area contributed by atoms with Gasteiger partial charge in [-0.3, -0.25) is 4.79 Å². The summed E-state index contributed by atoms with van der Waals surface area (Å²) in [7, 11) is -1.54. The molecule has 214 valence electrons. The summed E-state index contributed by atoms with van der Waals surface area (Å²) in [6, 6.07) is 32.5. The number of hydrogen-bond donors (Lipinski definition) is 0. The van der Waals surface area contributed by atoms with Gasteiger partial charge in [0.05, 0.1) is 46.2 Å². The summed E-state index contributed by atoms with van der Waals surface area (Å²) in [5.74, 6) is 0. The minimum atomic E-state index is -1.54. The number of benzene rings is 4. The average Bonchev–Trinajstić information content (AvgIpc) is 2.97. The molecule has 4 aromatic carbocycles. The van der Waals surface area contributed by atoms with E-state index in [2.05, 4.69) is 80.3 Å². The highest BCUT2D eigenvalue weighted by molar-refractivity contribution is 6.69. The van der Waals surface area contributed by atoms with E-state index in [1.165, 1.54) is 5.56 Å². The van der Waals surface area contributed by atoms with Gasteiger partial charge in [-0.15, -0.1) is 0 Å². The Hall–Kier alpha value is -3.39. The van der Waals surface area contributed by atoms with Gasteiger partial charge in [-0.1, -0.05) is 91.0 Å². The van der Waals surface area contributed by atoms with E-state index in [-0.39, 0.29) is 0 Å². The molecule has 0 aliphatic rings. The lowest BCUT2D eigenvalue weighted by Gasteiger charge is -2.17. The molecule has 0 unspecified atom stereocenters. The molecule has 0 spiro atoms. The van der Waals surface area contributed by atoms with Crippen molar-refractivity contribution in [3.8, 4) is 0 Å². The van der Waals surface area contributed by atoms with Gasteiger partial charge in [-0.2, -0.15) is 0 Å². The van der Waals surface area contributed by atoms with Crippen LogP contribution >= 0.6 is 0 Å². The number of hydrogen-bond acceptors (Lipinski definition) is 5. The van der Waals surface area contributed by atoms with Gasteiger partial charge in [-0.05, 0) is 64.7 Å². The first-order valence-corrected chi connectivity index (χ1v) is 17.4. The zero-order valence-electron chi connectivity index (χ0n) is 24.3. The molecular formula is C35H40O5Si. The van der Waals surface area contributed by atoms with E-state index in [0.717, 1.165) is 39.7 Å². The van der Waals surface area contributed by atoms with E-state index in [1.807, 2.05) is 30.3 Å². The smallest absolute Gasteiger partial charge is 0.184 e. The Morgan fingerprint density at radius 1 is 0.488 bits per heavy atom. The second-order valence-electron chi connectivity index (χ2n) is 11.2. The molecule has 0 aliphatic carbocycles. The first kappa shape index (κ1) is 30.6. The van der Waals surface area contributed by atoms with E-state index in [1.54, 1.807) is 6.07 Å². The van der Waals surface area contributed by atoms with Crippen molar-refractivity contribution < 1.29 is 23.4 Å². The Labute approximate surface area is 245 Å². The molecular weight excluding hydrogens is 528 g/mol. The first-order chi connectivity index (χ1) is 19.9. The van der Waals surface area contributed by atoms with Crippen molar-refractivity contribution in [2.24, 2.45) is 0 Å². The van der Waals surface area contributed by atoms with Gasteiger partial charge in [0.1, 0.15) is 6.29 Å². The Bertz CT molecular complexity index is 1400. The third-order valence-electron chi connectivity index (χ3n) is 6.35. The number of carbonyl (C=O) groups is 1. The molecule has 4 rings (SSSR count). The molecule has 4 aromatic rings. The van der Waals surface area contributed by atoms with Crippen LogP contribution in [-0.4, -0.2) is 14.6 Å². The summed E-state index contributed by atoms with van der Waals surface area (Å²) in [6.07, 6.45) is 0.851. The third-order valence-corrected chi connectivity index (χ3v) is 7.36. The summed E-state index contributed by atoms with van der Waals surface area (Å²) in [6.45, 7) is 10.4. The van der Waals surface area contributed by atoms with Gasteiger partial charge < -0.3 is 18.6 Å². The van der Waals surface area contributed by atoms with Crippen LogP contribution in [0.25, 0.3) is 0 Å². The predicted molar refractivity (Wildman–Crippen MR) is 165 cm³/mol. The second kappa shape index (κ2) is 15.6. The van der Waals surface area contributed by atoms with E-state index < -0.39 is 8.32 Å². The molecule has 0 atom stereocenters.